The minimum atomic E-state index is -1.12. The van der Waals surface area contributed by atoms with Crippen LogP contribution in [0.5, 0.6) is 0 Å². The van der Waals surface area contributed by atoms with Gasteiger partial charge in [0.25, 0.3) is 5.91 Å². The van der Waals surface area contributed by atoms with Crippen LogP contribution < -0.4 is 16.0 Å². The fourth-order valence-corrected chi connectivity index (χ4v) is 5.59. The average Bonchev–Trinajstić information content (AvgIpc) is 2.97. The van der Waals surface area contributed by atoms with Crippen molar-refractivity contribution >= 4 is 23.6 Å². The van der Waals surface area contributed by atoms with E-state index in [1.807, 2.05) is 48.5 Å². The second kappa shape index (κ2) is 11.6. The highest BCUT2D eigenvalue weighted by atomic mass is 16.4. The Morgan fingerprint density at radius 1 is 0.846 bits per heavy atom. The van der Waals surface area contributed by atoms with Gasteiger partial charge in [0.15, 0.2) is 5.78 Å². The molecule has 1 saturated carbocycles. The number of amides is 2. The van der Waals surface area contributed by atoms with Gasteiger partial charge in [-0.2, -0.15) is 0 Å². The number of hydrogen-bond acceptors (Lipinski definition) is 5. The molecule has 3 aromatic carbocycles. The van der Waals surface area contributed by atoms with Crippen LogP contribution in [0.4, 0.5) is 0 Å². The van der Waals surface area contributed by atoms with Gasteiger partial charge in [0.1, 0.15) is 12.0 Å². The fraction of sp³-hybridized carbons (Fsp3) is 0.290. The molecule has 5 rings (SSSR count). The quantitative estimate of drug-likeness (QED) is 0.351. The molecule has 1 aliphatic carbocycles. The zero-order valence-corrected chi connectivity index (χ0v) is 21.4. The van der Waals surface area contributed by atoms with E-state index in [1.54, 1.807) is 36.4 Å². The van der Waals surface area contributed by atoms with E-state index in [4.69, 9.17) is 0 Å². The molecule has 0 bridgehead atoms. The maximum Gasteiger partial charge on any atom is 0.315 e. The number of Topliss-reactive ketones (excluding diaryl/α,β-unsaturated/α-hetero) is 1. The monoisotopic (exact) mass is 525 g/mol. The third-order valence-corrected chi connectivity index (χ3v) is 7.71. The van der Waals surface area contributed by atoms with Crippen LogP contribution in [0.2, 0.25) is 0 Å². The second-order valence-corrected chi connectivity index (χ2v) is 10.2. The summed E-state index contributed by atoms with van der Waals surface area (Å²) in [4.78, 5) is 51.0. The van der Waals surface area contributed by atoms with Gasteiger partial charge in [0, 0.05) is 30.1 Å². The van der Waals surface area contributed by atoms with Crippen LogP contribution >= 0.6 is 0 Å². The predicted molar refractivity (Wildman–Crippen MR) is 146 cm³/mol. The summed E-state index contributed by atoms with van der Waals surface area (Å²) in [6.45, 7) is 0.140. The third kappa shape index (κ3) is 5.91. The first-order valence-corrected chi connectivity index (χ1v) is 13.2. The van der Waals surface area contributed by atoms with Gasteiger partial charge in [-0.3, -0.25) is 19.2 Å². The number of carboxylic acid groups (broad SMARTS) is 1. The molecule has 8 heteroatoms. The van der Waals surface area contributed by atoms with E-state index < -0.39 is 23.8 Å². The van der Waals surface area contributed by atoms with Crippen molar-refractivity contribution in [2.45, 2.75) is 37.4 Å². The van der Waals surface area contributed by atoms with Gasteiger partial charge < -0.3 is 21.1 Å². The molecule has 0 radical (unpaired) electrons. The molecule has 2 fully saturated rings. The van der Waals surface area contributed by atoms with Crippen LogP contribution in [0.15, 0.2) is 84.9 Å². The van der Waals surface area contributed by atoms with Crippen LogP contribution in [-0.2, 0) is 14.4 Å². The normalized spacial score (nSPS) is 23.2. The third-order valence-electron chi connectivity index (χ3n) is 7.71. The number of benzene rings is 3. The van der Waals surface area contributed by atoms with E-state index in [9.17, 15) is 24.3 Å². The van der Waals surface area contributed by atoms with Crippen molar-refractivity contribution in [2.24, 2.45) is 11.8 Å². The number of carbonyl (C=O) groups excluding carboxylic acids is 3. The van der Waals surface area contributed by atoms with E-state index in [-0.39, 0.29) is 36.2 Å². The van der Waals surface area contributed by atoms with Crippen LogP contribution in [0.1, 0.15) is 41.2 Å². The summed E-state index contributed by atoms with van der Waals surface area (Å²) < 4.78 is 0. The maximum absolute atomic E-state index is 13.5. The topological polar surface area (TPSA) is 125 Å². The number of carboxylic acids is 1. The molecule has 1 aliphatic heterocycles. The Hall–Kier alpha value is -4.30. The Balaban J connectivity index is 1.29. The Kier molecular flexibility index (Phi) is 7.84. The first kappa shape index (κ1) is 26.3. The Labute approximate surface area is 226 Å². The van der Waals surface area contributed by atoms with E-state index in [1.165, 1.54) is 0 Å². The molecular weight excluding hydrogens is 494 g/mol. The van der Waals surface area contributed by atoms with Crippen LogP contribution in [-0.4, -0.2) is 47.3 Å². The fourth-order valence-electron chi connectivity index (χ4n) is 5.59. The van der Waals surface area contributed by atoms with Gasteiger partial charge in [0.05, 0.1) is 0 Å². The zero-order chi connectivity index (χ0) is 27.4. The second-order valence-electron chi connectivity index (χ2n) is 10.2. The van der Waals surface area contributed by atoms with E-state index >= 15 is 0 Å². The molecule has 2 amide bonds. The first-order chi connectivity index (χ1) is 18.9. The average molecular weight is 526 g/mol. The van der Waals surface area contributed by atoms with Crippen LogP contribution in [0.25, 0.3) is 11.1 Å². The van der Waals surface area contributed by atoms with Crippen LogP contribution in [0, 0.1) is 11.8 Å². The molecule has 3 aromatic rings. The minimum absolute atomic E-state index is 0.0790. The lowest BCUT2D eigenvalue weighted by molar-refractivity contribution is -0.150. The predicted octanol–water partition coefficient (Wildman–Crippen LogP) is 3.35. The van der Waals surface area contributed by atoms with Gasteiger partial charge in [-0.15, -0.1) is 0 Å². The summed E-state index contributed by atoms with van der Waals surface area (Å²) in [5.74, 6) is -3.68. The number of hydrogen-bond donors (Lipinski definition) is 4. The highest BCUT2D eigenvalue weighted by molar-refractivity contribution is 6.01. The Bertz CT molecular complexity index is 1340. The van der Waals surface area contributed by atoms with Crippen molar-refractivity contribution in [3.63, 3.8) is 0 Å². The lowest BCUT2D eigenvalue weighted by Gasteiger charge is -2.41. The number of piperidine rings is 1. The molecule has 4 N–H and O–H groups in total. The summed E-state index contributed by atoms with van der Waals surface area (Å²) in [5.41, 5.74) is 3.10. The number of carbonyl (C=O) groups is 4. The van der Waals surface area contributed by atoms with Crippen molar-refractivity contribution < 1.29 is 24.3 Å². The standard InChI is InChI=1S/C31H31N3O5/c35-28-24-17-23(15-16-26(24)32-18-25(28)31(38)39)33-30(37)27(21-9-5-2-6-10-21)34-29(36)22-13-11-20(12-14-22)19-7-3-1-4-8-19/h1-14,23-27,32H,15-18H2,(H,33,37)(H,34,36)(H,38,39)/t23?,24?,25?,26?,27-/m0/s1. The summed E-state index contributed by atoms with van der Waals surface area (Å²) in [5, 5.41) is 18.5. The van der Waals surface area contributed by atoms with E-state index in [0.717, 1.165) is 11.1 Å². The number of nitrogens with one attached hydrogen (secondary N) is 3. The Morgan fingerprint density at radius 2 is 1.49 bits per heavy atom. The number of fused-ring (bicyclic) bond motifs is 1. The van der Waals surface area contributed by atoms with Crippen molar-refractivity contribution in [1.82, 2.24) is 16.0 Å². The van der Waals surface area contributed by atoms with E-state index in [2.05, 4.69) is 16.0 Å². The van der Waals surface area contributed by atoms with Gasteiger partial charge in [-0.25, -0.2) is 0 Å². The van der Waals surface area contributed by atoms with Gasteiger partial charge in [-0.1, -0.05) is 72.8 Å². The SMILES string of the molecule is O=C(N[C@H](C(=O)NC1CCC2NCC(C(=O)O)C(=O)C2C1)c1ccccc1)c1ccc(-c2ccccc2)cc1. The van der Waals surface area contributed by atoms with E-state index in [0.29, 0.717) is 30.4 Å². The zero-order valence-electron chi connectivity index (χ0n) is 21.4. The largest absolute Gasteiger partial charge is 0.481 e. The number of rotatable bonds is 7. The summed E-state index contributed by atoms with van der Waals surface area (Å²) >= 11 is 0. The first-order valence-electron chi connectivity index (χ1n) is 13.2. The van der Waals surface area contributed by atoms with Crippen molar-refractivity contribution in [3.05, 3.63) is 96.1 Å². The summed E-state index contributed by atoms with van der Waals surface area (Å²) in [6, 6.07) is 24.8. The smallest absolute Gasteiger partial charge is 0.315 e. The highest BCUT2D eigenvalue weighted by Gasteiger charge is 2.44. The molecule has 2 aliphatic rings. The van der Waals surface area contributed by atoms with Crippen molar-refractivity contribution in [2.75, 3.05) is 6.54 Å². The molecule has 39 heavy (non-hydrogen) atoms. The Morgan fingerprint density at radius 3 is 2.15 bits per heavy atom. The molecule has 5 atom stereocenters. The minimum Gasteiger partial charge on any atom is -0.481 e. The van der Waals surface area contributed by atoms with Crippen LogP contribution in [0.3, 0.4) is 0 Å². The maximum atomic E-state index is 13.5. The van der Waals surface area contributed by atoms with Gasteiger partial charge in [0.2, 0.25) is 5.91 Å². The molecule has 4 unspecified atom stereocenters. The lowest BCUT2D eigenvalue weighted by Crippen LogP contribution is -2.58. The molecular formula is C31H31N3O5. The number of ketones is 1. The molecule has 1 saturated heterocycles. The molecule has 0 aromatic heterocycles. The summed E-state index contributed by atoms with van der Waals surface area (Å²) in [7, 11) is 0. The molecule has 0 spiro atoms. The molecule has 200 valence electrons. The molecule has 8 nitrogen and oxygen atoms in total. The molecule has 1 heterocycles. The van der Waals surface area contributed by atoms with Gasteiger partial charge in [-0.05, 0) is 48.1 Å². The number of aliphatic carboxylic acids is 1. The highest BCUT2D eigenvalue weighted by Crippen LogP contribution is 2.31. The lowest BCUT2D eigenvalue weighted by atomic mass is 9.73. The van der Waals surface area contributed by atoms with Crippen molar-refractivity contribution in [3.8, 4) is 11.1 Å². The van der Waals surface area contributed by atoms with Gasteiger partial charge >= 0.3 is 5.97 Å². The van der Waals surface area contributed by atoms with Crippen molar-refractivity contribution in [1.29, 1.82) is 0 Å². The summed E-state index contributed by atoms with van der Waals surface area (Å²) in [6.07, 6.45) is 1.67.